The van der Waals surface area contributed by atoms with E-state index in [0.717, 1.165) is 11.1 Å². The number of hydrogen-bond donors (Lipinski definition) is 1. The maximum atomic E-state index is 12.2. The summed E-state index contributed by atoms with van der Waals surface area (Å²) in [5.74, 6) is 0.358. The van der Waals surface area contributed by atoms with E-state index < -0.39 is 18.0 Å². The molecule has 0 saturated heterocycles. The molecule has 0 fully saturated rings. The van der Waals surface area contributed by atoms with E-state index in [9.17, 15) is 9.59 Å². The van der Waals surface area contributed by atoms with Crippen LogP contribution in [0.2, 0.25) is 0 Å². The fourth-order valence-electron chi connectivity index (χ4n) is 2.59. The third-order valence-electron chi connectivity index (χ3n) is 4.24. The molecule has 26 heavy (non-hydrogen) atoms. The molecule has 1 amide bonds. The van der Waals surface area contributed by atoms with E-state index in [0.29, 0.717) is 17.2 Å². The van der Waals surface area contributed by atoms with Crippen molar-refractivity contribution in [3.8, 4) is 11.5 Å². The highest BCUT2D eigenvalue weighted by molar-refractivity contribution is 5.95. The average molecular weight is 355 g/mol. The van der Waals surface area contributed by atoms with Crippen LogP contribution in [0.4, 0.5) is 5.69 Å². The SMILES string of the molecule is Cc1ccc(CC(=O)O[C@H](C)C(=O)Nc2ccc3c(c2)OCO3)cc1C. The highest BCUT2D eigenvalue weighted by Crippen LogP contribution is 2.34. The number of benzene rings is 2. The van der Waals surface area contributed by atoms with Gasteiger partial charge in [-0.1, -0.05) is 18.2 Å². The standard InChI is InChI=1S/C20H21NO5/c1-12-4-5-15(8-13(12)2)9-19(22)26-14(3)20(23)21-16-6-7-17-18(10-16)25-11-24-17/h4-8,10,14H,9,11H2,1-3H3,(H,21,23)/t14-/m1/s1. The smallest absolute Gasteiger partial charge is 0.311 e. The van der Waals surface area contributed by atoms with Crippen molar-refractivity contribution >= 4 is 17.6 Å². The largest absolute Gasteiger partial charge is 0.454 e. The van der Waals surface area contributed by atoms with Gasteiger partial charge in [0.1, 0.15) is 0 Å². The summed E-state index contributed by atoms with van der Waals surface area (Å²) in [5.41, 5.74) is 3.69. The van der Waals surface area contributed by atoms with Gasteiger partial charge in [0.2, 0.25) is 6.79 Å². The molecule has 1 atom stereocenters. The predicted octanol–water partition coefficient (Wildman–Crippen LogP) is 3.15. The third kappa shape index (κ3) is 4.14. The Bertz CT molecular complexity index is 846. The van der Waals surface area contributed by atoms with Crippen molar-refractivity contribution in [2.24, 2.45) is 0 Å². The Kier molecular flexibility index (Phi) is 5.11. The number of aryl methyl sites for hydroxylation is 2. The number of carbonyl (C=O) groups is 2. The Labute approximate surface area is 152 Å². The van der Waals surface area contributed by atoms with Gasteiger partial charge in [-0.15, -0.1) is 0 Å². The first kappa shape index (κ1) is 17.8. The van der Waals surface area contributed by atoms with Crippen LogP contribution in [0.15, 0.2) is 36.4 Å². The van der Waals surface area contributed by atoms with E-state index in [1.807, 2.05) is 32.0 Å². The molecular weight excluding hydrogens is 334 g/mol. The maximum Gasteiger partial charge on any atom is 0.311 e. The molecule has 1 N–H and O–H groups in total. The van der Waals surface area contributed by atoms with Crippen LogP contribution in [-0.4, -0.2) is 24.8 Å². The van der Waals surface area contributed by atoms with Crippen LogP contribution in [0.25, 0.3) is 0 Å². The van der Waals surface area contributed by atoms with Gasteiger partial charge >= 0.3 is 5.97 Å². The number of esters is 1. The van der Waals surface area contributed by atoms with Gasteiger partial charge in [0, 0.05) is 11.8 Å². The zero-order chi connectivity index (χ0) is 18.7. The fraction of sp³-hybridized carbons (Fsp3) is 0.300. The second-order valence-corrected chi connectivity index (χ2v) is 6.28. The van der Waals surface area contributed by atoms with Crippen molar-refractivity contribution in [3.05, 3.63) is 53.1 Å². The molecule has 0 aliphatic carbocycles. The fourth-order valence-corrected chi connectivity index (χ4v) is 2.59. The van der Waals surface area contributed by atoms with Gasteiger partial charge in [0.25, 0.3) is 5.91 Å². The molecule has 0 radical (unpaired) electrons. The summed E-state index contributed by atoms with van der Waals surface area (Å²) in [5, 5.41) is 2.71. The first-order valence-electron chi connectivity index (χ1n) is 8.38. The second-order valence-electron chi connectivity index (χ2n) is 6.28. The van der Waals surface area contributed by atoms with Gasteiger partial charge in [0.05, 0.1) is 6.42 Å². The van der Waals surface area contributed by atoms with Crippen LogP contribution in [0, 0.1) is 13.8 Å². The Morgan fingerprint density at radius 1 is 1.08 bits per heavy atom. The normalized spacial score (nSPS) is 13.2. The van der Waals surface area contributed by atoms with E-state index in [2.05, 4.69) is 5.32 Å². The van der Waals surface area contributed by atoms with Crippen LogP contribution in [0.5, 0.6) is 11.5 Å². The van der Waals surface area contributed by atoms with Crippen LogP contribution in [0.1, 0.15) is 23.6 Å². The quantitative estimate of drug-likeness (QED) is 0.834. The lowest BCUT2D eigenvalue weighted by Gasteiger charge is -2.14. The van der Waals surface area contributed by atoms with E-state index in [1.54, 1.807) is 25.1 Å². The van der Waals surface area contributed by atoms with Crippen LogP contribution in [-0.2, 0) is 20.7 Å². The van der Waals surface area contributed by atoms with Crippen molar-refractivity contribution in [2.75, 3.05) is 12.1 Å². The number of fused-ring (bicyclic) bond motifs is 1. The molecule has 3 rings (SSSR count). The molecule has 0 spiro atoms. The third-order valence-corrected chi connectivity index (χ3v) is 4.24. The van der Waals surface area contributed by atoms with E-state index in [1.165, 1.54) is 5.56 Å². The zero-order valence-corrected chi connectivity index (χ0v) is 15.0. The van der Waals surface area contributed by atoms with Crippen molar-refractivity contribution in [2.45, 2.75) is 33.3 Å². The van der Waals surface area contributed by atoms with Gasteiger partial charge in [-0.2, -0.15) is 0 Å². The first-order chi connectivity index (χ1) is 12.4. The van der Waals surface area contributed by atoms with E-state index >= 15 is 0 Å². The average Bonchev–Trinajstić information content (AvgIpc) is 3.05. The second kappa shape index (κ2) is 7.47. The summed E-state index contributed by atoms with van der Waals surface area (Å²) >= 11 is 0. The van der Waals surface area contributed by atoms with Crippen molar-refractivity contribution in [1.82, 2.24) is 0 Å². The van der Waals surface area contributed by atoms with E-state index in [4.69, 9.17) is 14.2 Å². The summed E-state index contributed by atoms with van der Waals surface area (Å²) in [7, 11) is 0. The molecule has 136 valence electrons. The first-order valence-corrected chi connectivity index (χ1v) is 8.38. The number of ether oxygens (including phenoxy) is 3. The number of anilines is 1. The van der Waals surface area contributed by atoms with Crippen molar-refractivity contribution in [1.29, 1.82) is 0 Å². The van der Waals surface area contributed by atoms with Crippen molar-refractivity contribution in [3.63, 3.8) is 0 Å². The van der Waals surface area contributed by atoms with Gasteiger partial charge in [-0.05, 0) is 49.6 Å². The molecule has 2 aromatic rings. The molecule has 1 heterocycles. The minimum absolute atomic E-state index is 0.128. The summed E-state index contributed by atoms with van der Waals surface area (Å²) in [6.07, 6.45) is -0.776. The molecule has 1 aliphatic heterocycles. The lowest BCUT2D eigenvalue weighted by atomic mass is 10.0. The lowest BCUT2D eigenvalue weighted by molar-refractivity contribution is -0.152. The number of carbonyl (C=O) groups excluding carboxylic acids is 2. The molecule has 2 aromatic carbocycles. The lowest BCUT2D eigenvalue weighted by Crippen LogP contribution is -2.30. The molecule has 1 aliphatic rings. The van der Waals surface area contributed by atoms with Crippen LogP contribution < -0.4 is 14.8 Å². The maximum absolute atomic E-state index is 12.2. The Hall–Kier alpha value is -3.02. The summed E-state index contributed by atoms with van der Waals surface area (Å²) in [6.45, 7) is 5.71. The summed E-state index contributed by atoms with van der Waals surface area (Å²) in [6, 6.07) is 10.9. The van der Waals surface area contributed by atoms with Crippen LogP contribution >= 0.6 is 0 Å². The Morgan fingerprint density at radius 2 is 1.85 bits per heavy atom. The highest BCUT2D eigenvalue weighted by atomic mass is 16.7. The molecule has 0 saturated carbocycles. The molecule has 6 nitrogen and oxygen atoms in total. The minimum atomic E-state index is -0.903. The van der Waals surface area contributed by atoms with Gasteiger partial charge in [0.15, 0.2) is 17.6 Å². The summed E-state index contributed by atoms with van der Waals surface area (Å²) in [4.78, 5) is 24.3. The van der Waals surface area contributed by atoms with Crippen LogP contribution in [0.3, 0.4) is 0 Å². The number of amides is 1. The van der Waals surface area contributed by atoms with E-state index in [-0.39, 0.29) is 13.2 Å². The molecule has 0 aromatic heterocycles. The number of hydrogen-bond acceptors (Lipinski definition) is 5. The monoisotopic (exact) mass is 355 g/mol. The highest BCUT2D eigenvalue weighted by Gasteiger charge is 2.20. The van der Waals surface area contributed by atoms with Gasteiger partial charge in [-0.25, -0.2) is 0 Å². The number of nitrogens with one attached hydrogen (secondary N) is 1. The molecule has 0 bridgehead atoms. The van der Waals surface area contributed by atoms with Gasteiger partial charge < -0.3 is 19.5 Å². The Balaban J connectivity index is 1.54. The molecule has 0 unspecified atom stereocenters. The Morgan fingerprint density at radius 3 is 2.62 bits per heavy atom. The number of rotatable bonds is 5. The van der Waals surface area contributed by atoms with Crippen molar-refractivity contribution < 1.29 is 23.8 Å². The molecule has 6 heteroatoms. The summed E-state index contributed by atoms with van der Waals surface area (Å²) < 4.78 is 15.7. The van der Waals surface area contributed by atoms with Gasteiger partial charge in [-0.3, -0.25) is 9.59 Å². The topological polar surface area (TPSA) is 73.9 Å². The predicted molar refractivity (Wildman–Crippen MR) is 96.4 cm³/mol. The minimum Gasteiger partial charge on any atom is -0.454 e. The molecular formula is C20H21NO5. The zero-order valence-electron chi connectivity index (χ0n) is 15.0.